The summed E-state index contributed by atoms with van der Waals surface area (Å²) in [5.74, 6) is 0.456. The number of nitrogens with zero attached hydrogens (tertiary/aromatic N) is 1. The van der Waals surface area contributed by atoms with Crippen LogP contribution in [-0.4, -0.2) is 51.6 Å². The topological polar surface area (TPSA) is 66.5 Å². The van der Waals surface area contributed by atoms with Crippen LogP contribution in [0, 0.1) is 5.41 Å². The average Bonchev–Trinajstić information content (AvgIpc) is 2.31. The van der Waals surface area contributed by atoms with Crippen LogP contribution in [0.15, 0.2) is 0 Å². The van der Waals surface area contributed by atoms with E-state index < -0.39 is 22.9 Å². The standard InChI is InChI=1S/C14H26N2O3S/c1-6-10-12(17)15-11(14(2,3)4)13(18)16(10)8-7-9-20(5)19/h10-11H,6-9H2,1-5H3,(H,15,17). The molecule has 0 radical (unpaired) electrons. The van der Waals surface area contributed by atoms with E-state index in [4.69, 9.17) is 0 Å². The van der Waals surface area contributed by atoms with Crippen molar-refractivity contribution in [2.45, 2.75) is 52.6 Å². The van der Waals surface area contributed by atoms with Gasteiger partial charge >= 0.3 is 0 Å². The minimum atomic E-state index is -0.867. The Balaban J connectivity index is 2.86. The number of carbonyl (C=O) groups excluding carboxylic acids is 2. The number of carbonyl (C=O) groups is 2. The summed E-state index contributed by atoms with van der Waals surface area (Å²) >= 11 is 0. The summed E-state index contributed by atoms with van der Waals surface area (Å²) in [6.07, 6.45) is 2.92. The van der Waals surface area contributed by atoms with Crippen molar-refractivity contribution in [1.29, 1.82) is 0 Å². The van der Waals surface area contributed by atoms with Gasteiger partial charge in [0.05, 0.1) is 0 Å². The molecule has 3 atom stereocenters. The van der Waals surface area contributed by atoms with E-state index in [0.717, 1.165) is 0 Å². The lowest BCUT2D eigenvalue weighted by molar-refractivity contribution is -0.152. The Hall–Kier alpha value is -0.910. The number of piperazine rings is 1. The van der Waals surface area contributed by atoms with Crippen LogP contribution in [0.25, 0.3) is 0 Å². The molecule has 5 nitrogen and oxygen atoms in total. The van der Waals surface area contributed by atoms with Crippen molar-refractivity contribution in [3.63, 3.8) is 0 Å². The van der Waals surface area contributed by atoms with Crippen molar-refractivity contribution in [3.8, 4) is 0 Å². The third-order valence-corrected chi connectivity index (χ3v) is 4.44. The zero-order chi connectivity index (χ0) is 15.5. The van der Waals surface area contributed by atoms with E-state index in [2.05, 4.69) is 5.32 Å². The molecule has 1 aliphatic heterocycles. The van der Waals surface area contributed by atoms with E-state index >= 15 is 0 Å². The van der Waals surface area contributed by atoms with Crippen LogP contribution >= 0.6 is 0 Å². The Labute approximate surface area is 123 Å². The van der Waals surface area contributed by atoms with Crippen LogP contribution in [0.1, 0.15) is 40.5 Å². The first-order valence-electron chi connectivity index (χ1n) is 7.09. The maximum Gasteiger partial charge on any atom is 0.246 e. The van der Waals surface area contributed by atoms with Gasteiger partial charge in [-0.1, -0.05) is 27.7 Å². The lowest BCUT2D eigenvalue weighted by Crippen LogP contribution is -2.66. The van der Waals surface area contributed by atoms with E-state index in [1.807, 2.05) is 27.7 Å². The van der Waals surface area contributed by atoms with Gasteiger partial charge in [0.1, 0.15) is 12.1 Å². The zero-order valence-electron chi connectivity index (χ0n) is 13.1. The van der Waals surface area contributed by atoms with Crippen LogP contribution in [0.4, 0.5) is 0 Å². The molecule has 0 aliphatic carbocycles. The first-order chi connectivity index (χ1) is 9.18. The molecule has 6 heteroatoms. The third kappa shape index (κ3) is 4.04. The van der Waals surface area contributed by atoms with Gasteiger partial charge in [0, 0.05) is 29.4 Å². The minimum absolute atomic E-state index is 0.0224. The SMILES string of the molecule is CCC1C(=O)NC(C(C)(C)C)C(=O)N1CCCS(C)=O. The van der Waals surface area contributed by atoms with Crippen LogP contribution in [0.5, 0.6) is 0 Å². The average molecular weight is 302 g/mol. The Morgan fingerprint density at radius 2 is 1.90 bits per heavy atom. The highest BCUT2D eigenvalue weighted by Gasteiger charge is 2.44. The monoisotopic (exact) mass is 302 g/mol. The summed E-state index contributed by atoms with van der Waals surface area (Å²) in [4.78, 5) is 26.4. The predicted molar refractivity (Wildman–Crippen MR) is 80.7 cm³/mol. The van der Waals surface area contributed by atoms with Gasteiger partial charge in [-0.25, -0.2) is 0 Å². The molecular weight excluding hydrogens is 276 g/mol. The maximum absolute atomic E-state index is 12.6. The van der Waals surface area contributed by atoms with Gasteiger partial charge in [0.25, 0.3) is 0 Å². The second-order valence-electron chi connectivity index (χ2n) is 6.39. The lowest BCUT2D eigenvalue weighted by atomic mass is 9.83. The van der Waals surface area contributed by atoms with Crippen LogP contribution < -0.4 is 5.32 Å². The van der Waals surface area contributed by atoms with Crippen LogP contribution in [0.3, 0.4) is 0 Å². The molecule has 0 saturated carbocycles. The Morgan fingerprint density at radius 3 is 2.35 bits per heavy atom. The highest BCUT2D eigenvalue weighted by molar-refractivity contribution is 7.84. The molecular formula is C14H26N2O3S. The van der Waals surface area contributed by atoms with Crippen molar-refractivity contribution < 1.29 is 13.8 Å². The summed E-state index contributed by atoms with van der Waals surface area (Å²) in [7, 11) is -0.867. The van der Waals surface area contributed by atoms with E-state index in [0.29, 0.717) is 25.1 Å². The van der Waals surface area contributed by atoms with Crippen molar-refractivity contribution in [3.05, 3.63) is 0 Å². The lowest BCUT2D eigenvalue weighted by Gasteiger charge is -2.43. The molecule has 1 heterocycles. The Bertz CT molecular complexity index is 404. The summed E-state index contributed by atoms with van der Waals surface area (Å²) in [5, 5.41) is 2.85. The molecule has 0 aromatic carbocycles. The minimum Gasteiger partial charge on any atom is -0.342 e. The molecule has 0 spiro atoms. The van der Waals surface area contributed by atoms with Crippen molar-refractivity contribution >= 4 is 22.6 Å². The summed E-state index contributed by atoms with van der Waals surface area (Å²) in [5.41, 5.74) is -0.308. The molecule has 1 N–H and O–H groups in total. The van der Waals surface area contributed by atoms with Gasteiger partial charge in [-0.15, -0.1) is 0 Å². The van der Waals surface area contributed by atoms with Crippen molar-refractivity contribution in [1.82, 2.24) is 10.2 Å². The van der Waals surface area contributed by atoms with Gasteiger partial charge < -0.3 is 10.2 Å². The fourth-order valence-corrected chi connectivity index (χ4v) is 2.99. The van der Waals surface area contributed by atoms with Crippen LogP contribution in [0.2, 0.25) is 0 Å². The van der Waals surface area contributed by atoms with Gasteiger partial charge in [-0.05, 0) is 18.3 Å². The van der Waals surface area contributed by atoms with Gasteiger partial charge in [-0.3, -0.25) is 13.8 Å². The number of hydrogen-bond donors (Lipinski definition) is 1. The number of hydrogen-bond acceptors (Lipinski definition) is 3. The second kappa shape index (κ2) is 6.70. The summed E-state index contributed by atoms with van der Waals surface area (Å²) < 4.78 is 11.1. The molecule has 3 unspecified atom stereocenters. The highest BCUT2D eigenvalue weighted by atomic mass is 32.2. The first kappa shape index (κ1) is 17.1. The van der Waals surface area contributed by atoms with Crippen molar-refractivity contribution in [2.75, 3.05) is 18.6 Å². The number of rotatable bonds is 5. The molecule has 0 aromatic rings. The fraction of sp³-hybridized carbons (Fsp3) is 0.857. The van der Waals surface area contributed by atoms with Gasteiger partial charge in [0.2, 0.25) is 11.8 Å². The molecule has 1 saturated heterocycles. The van der Waals surface area contributed by atoms with E-state index in [9.17, 15) is 13.8 Å². The molecule has 2 amide bonds. The quantitative estimate of drug-likeness (QED) is 0.821. The summed E-state index contributed by atoms with van der Waals surface area (Å²) in [6.45, 7) is 8.24. The molecule has 1 aliphatic rings. The Kier molecular flexibility index (Phi) is 5.74. The normalized spacial score (nSPS) is 25.6. The molecule has 1 fully saturated rings. The molecule has 0 bridgehead atoms. The summed E-state index contributed by atoms with van der Waals surface area (Å²) in [6, 6.07) is -0.878. The smallest absolute Gasteiger partial charge is 0.246 e. The zero-order valence-corrected chi connectivity index (χ0v) is 13.9. The molecule has 20 heavy (non-hydrogen) atoms. The second-order valence-corrected chi connectivity index (χ2v) is 7.95. The van der Waals surface area contributed by atoms with Crippen molar-refractivity contribution in [2.24, 2.45) is 5.41 Å². The number of nitrogens with one attached hydrogen (secondary N) is 1. The Morgan fingerprint density at radius 1 is 1.30 bits per heavy atom. The van der Waals surface area contributed by atoms with Gasteiger partial charge in [-0.2, -0.15) is 0 Å². The van der Waals surface area contributed by atoms with Gasteiger partial charge in [0.15, 0.2) is 0 Å². The maximum atomic E-state index is 12.6. The van der Waals surface area contributed by atoms with Crippen LogP contribution in [-0.2, 0) is 20.4 Å². The molecule has 1 rings (SSSR count). The molecule has 116 valence electrons. The predicted octanol–water partition coefficient (Wildman–Crippen LogP) is 0.907. The largest absolute Gasteiger partial charge is 0.342 e. The fourth-order valence-electron chi connectivity index (χ4n) is 2.46. The first-order valence-corrected chi connectivity index (χ1v) is 8.82. The molecule has 0 aromatic heterocycles. The third-order valence-electron chi connectivity index (χ3n) is 3.58. The highest BCUT2D eigenvalue weighted by Crippen LogP contribution is 2.26. The van der Waals surface area contributed by atoms with E-state index in [-0.39, 0.29) is 17.2 Å². The van der Waals surface area contributed by atoms with E-state index in [1.54, 1.807) is 11.2 Å². The number of amides is 2. The van der Waals surface area contributed by atoms with E-state index in [1.165, 1.54) is 0 Å².